The van der Waals surface area contributed by atoms with Gasteiger partial charge in [0.1, 0.15) is 17.4 Å². The van der Waals surface area contributed by atoms with E-state index >= 15 is 0 Å². The van der Waals surface area contributed by atoms with Crippen LogP contribution in [0, 0.1) is 0 Å². The molecule has 0 saturated carbocycles. The zero-order chi connectivity index (χ0) is 4.50. The third-order valence-corrected chi connectivity index (χ3v) is 0. The molecule has 0 rings (SSSR count). The van der Waals surface area contributed by atoms with Crippen LogP contribution in [0.3, 0.4) is 0 Å². The van der Waals surface area contributed by atoms with Crippen LogP contribution in [-0.2, 0) is 4.57 Å². The summed E-state index contributed by atoms with van der Waals surface area (Å²) in [5.74, 6) is 0. The molecule has 0 fully saturated rings. The van der Waals surface area contributed by atoms with Crippen LogP contribution in [0.25, 0.3) is 0 Å². The fourth-order valence-electron chi connectivity index (χ4n) is 0. The van der Waals surface area contributed by atoms with E-state index in [-0.39, 0.29) is 83.7 Å². The molecule has 0 aromatic heterocycles. The molecule has 0 unspecified atom stereocenters. The van der Waals surface area contributed by atoms with Crippen molar-refractivity contribution >= 4 is 72.7 Å². The molecule has 4 nitrogen and oxygen atoms in total. The van der Waals surface area contributed by atoms with E-state index in [9.17, 15) is 0 Å². The quantitative estimate of drug-likeness (QED) is 0.325. The second kappa shape index (κ2) is 13.4. The summed E-state index contributed by atoms with van der Waals surface area (Å²) in [5.41, 5.74) is 0. The molecule has 0 saturated heterocycles. The average Bonchev–Trinajstić information content (AvgIpc) is 0.722. The van der Waals surface area contributed by atoms with Crippen LogP contribution in [0.2, 0.25) is 0 Å². The van der Waals surface area contributed by atoms with Crippen LogP contribution < -0.4 is 33.5 Å². The zero-order valence-electron chi connectivity index (χ0n) is 5.36. The van der Waals surface area contributed by atoms with Gasteiger partial charge in [0.15, 0.2) is 0 Å². The van der Waals surface area contributed by atoms with E-state index in [1.54, 1.807) is 0 Å². The summed E-state index contributed by atoms with van der Waals surface area (Å²) >= 11 is 0. The summed E-state index contributed by atoms with van der Waals surface area (Å²) < 4.78 is 8.55. The van der Waals surface area contributed by atoms with Gasteiger partial charge in [-0.15, -0.1) is 0 Å². The maximum absolute atomic E-state index is 8.55. The number of phosphoric acid groups is 1. The van der Waals surface area contributed by atoms with Gasteiger partial charge < -0.3 is 19.2 Å². The Hall–Kier alpha value is 2.82. The van der Waals surface area contributed by atoms with Crippen molar-refractivity contribution in [1.29, 1.82) is 0 Å². The molecule has 0 aliphatic rings. The Morgan fingerprint density at radius 1 is 1.11 bits per heavy atom. The fourth-order valence-corrected chi connectivity index (χ4v) is 0. The Bertz CT molecular complexity index is 66.7. The van der Waals surface area contributed by atoms with Crippen molar-refractivity contribution in [3.8, 4) is 0 Å². The summed E-state index contributed by atoms with van der Waals surface area (Å²) in [7, 11) is -5.39. The monoisotopic (exact) mass is 278 g/mol. The normalized spacial score (nSPS) is 6.56. The van der Waals surface area contributed by atoms with Gasteiger partial charge in [0.2, 0.25) is 0 Å². The first-order valence-electron chi connectivity index (χ1n) is 0.730. The zero-order valence-corrected chi connectivity index (χ0v) is 13.0. The van der Waals surface area contributed by atoms with Gasteiger partial charge in [-0.05, 0) is 0 Å². The van der Waals surface area contributed by atoms with Crippen LogP contribution in [0.15, 0.2) is 0 Å². The Balaban J connectivity index is -0.0000000133. The molecule has 9 heteroatoms. The van der Waals surface area contributed by atoms with Gasteiger partial charge in [0.25, 0.3) is 0 Å². The molecule has 0 bridgehead atoms. The minimum atomic E-state index is -5.39. The first-order chi connectivity index (χ1) is 2.00. The molecule has 0 aromatic rings. The standard InChI is InChI=1S/Al.Li.Mg.H3O4P.Sb.4H/c;;;1-5(2,3)4;;;;;/h;;;(H3,1,2,3,4);;;;;/q;+1;+2;;;;;;/p-3. The van der Waals surface area contributed by atoms with Crippen LogP contribution in [0.4, 0.5) is 0 Å². The van der Waals surface area contributed by atoms with Crippen molar-refractivity contribution in [3.05, 3.63) is 0 Å². The van der Waals surface area contributed by atoms with Gasteiger partial charge in [0.05, 0.1) is 0 Å². The van der Waals surface area contributed by atoms with E-state index in [4.69, 9.17) is 19.2 Å². The summed E-state index contributed by atoms with van der Waals surface area (Å²) in [6, 6.07) is 0. The van der Waals surface area contributed by atoms with Crippen LogP contribution in [-0.4, -0.2) is 64.8 Å². The van der Waals surface area contributed by atoms with Gasteiger partial charge >= 0.3 is 66.3 Å². The first-order valence-corrected chi connectivity index (χ1v) is 2.19. The molecule has 0 amide bonds. The molecule has 2 radical (unpaired) electrons. The molecule has 0 aromatic carbocycles. The summed E-state index contributed by atoms with van der Waals surface area (Å²) in [6.45, 7) is 0. The van der Waals surface area contributed by atoms with Crippen LogP contribution >= 0.6 is 7.82 Å². The molecular formula is H4AlLiMgO4PSb. The first kappa shape index (κ1) is 29.7. The van der Waals surface area contributed by atoms with Crippen LogP contribution in [0.5, 0.6) is 0 Å². The third-order valence-electron chi connectivity index (χ3n) is 0. The van der Waals surface area contributed by atoms with E-state index in [0.717, 1.165) is 0 Å². The maximum atomic E-state index is 8.55. The number of hydrogen-bond acceptors (Lipinski definition) is 4. The predicted molar refractivity (Wildman–Crippen MR) is 30.4 cm³/mol. The van der Waals surface area contributed by atoms with Crippen molar-refractivity contribution in [2.24, 2.45) is 0 Å². The van der Waals surface area contributed by atoms with Gasteiger partial charge in [-0.25, -0.2) is 0 Å². The van der Waals surface area contributed by atoms with Gasteiger partial charge in [0, 0.05) is 0 Å². The van der Waals surface area contributed by atoms with Gasteiger partial charge in [-0.3, -0.25) is 0 Å². The SMILES string of the molecule is O=P([O-])([O-])[O-].[AlH2].[Li+].[Mg+2].[SbH2]. The van der Waals surface area contributed by atoms with Gasteiger partial charge in [-0.1, -0.05) is 0 Å². The molecule has 0 spiro atoms. The topological polar surface area (TPSA) is 86.2 Å². The Kier molecular flexibility index (Phi) is 44.3. The van der Waals surface area contributed by atoms with Crippen molar-refractivity contribution < 1.29 is 38.1 Å². The summed E-state index contributed by atoms with van der Waals surface area (Å²) in [6.07, 6.45) is 0. The van der Waals surface area contributed by atoms with E-state index in [1.807, 2.05) is 0 Å². The predicted octanol–water partition coefficient (Wildman–Crippen LogP) is -8.03. The second-order valence-electron chi connectivity index (χ2n) is 0.447. The van der Waals surface area contributed by atoms with E-state index in [1.165, 1.54) is 0 Å². The van der Waals surface area contributed by atoms with Crippen molar-refractivity contribution in [2.45, 2.75) is 0 Å². The summed E-state index contributed by atoms with van der Waals surface area (Å²) in [4.78, 5) is 25.6. The van der Waals surface area contributed by atoms with E-state index in [0.29, 0.717) is 0 Å². The van der Waals surface area contributed by atoms with Crippen molar-refractivity contribution in [1.82, 2.24) is 0 Å². The van der Waals surface area contributed by atoms with E-state index in [2.05, 4.69) is 0 Å². The molecule has 0 aliphatic carbocycles. The molecule has 0 N–H and O–H groups in total. The second-order valence-corrected chi connectivity index (χ2v) is 1.34. The Morgan fingerprint density at radius 3 is 1.11 bits per heavy atom. The minimum absolute atomic E-state index is 0. The summed E-state index contributed by atoms with van der Waals surface area (Å²) in [5, 5.41) is 0. The molecule has 0 atom stereocenters. The van der Waals surface area contributed by atoms with Crippen molar-refractivity contribution in [2.75, 3.05) is 0 Å². The third kappa shape index (κ3) is 106. The fraction of sp³-hybridized carbons (Fsp3) is 0. The van der Waals surface area contributed by atoms with Crippen molar-refractivity contribution in [3.63, 3.8) is 0 Å². The molecular weight excluding hydrogens is 275 g/mol. The average molecular weight is 279 g/mol. The van der Waals surface area contributed by atoms with Crippen LogP contribution in [0.1, 0.15) is 0 Å². The molecule has 0 aliphatic heterocycles. The Labute approximate surface area is 109 Å². The number of hydrogen-bond donors (Lipinski definition) is 0. The molecule has 44 valence electrons. The van der Waals surface area contributed by atoms with Gasteiger partial charge in [-0.2, -0.15) is 7.82 Å². The van der Waals surface area contributed by atoms with E-state index < -0.39 is 7.82 Å². The Morgan fingerprint density at radius 2 is 1.11 bits per heavy atom. The molecule has 9 heavy (non-hydrogen) atoms. The number of rotatable bonds is 0. The molecule has 0 heterocycles.